The third-order valence-electron chi connectivity index (χ3n) is 1.74. The number of carbonyl (C=O) groups is 2. The summed E-state index contributed by atoms with van der Waals surface area (Å²) >= 11 is 0. The molecule has 1 unspecified atom stereocenters. The molecule has 0 N–H and O–H groups in total. The summed E-state index contributed by atoms with van der Waals surface area (Å²) in [5.74, 6) is -4.99. The third-order valence-corrected chi connectivity index (χ3v) is 1.74. The average Bonchev–Trinajstić information content (AvgIpc) is 2.27. The Hall–Kier alpha value is -1.95. The van der Waals surface area contributed by atoms with Crippen LogP contribution in [0.1, 0.15) is 0 Å². The van der Waals surface area contributed by atoms with Crippen molar-refractivity contribution in [3.8, 4) is 0 Å². The Morgan fingerprint density at radius 1 is 0.818 bits per heavy atom. The summed E-state index contributed by atoms with van der Waals surface area (Å²) in [4.78, 5) is 21.5. The van der Waals surface area contributed by atoms with Crippen LogP contribution in [0.2, 0.25) is 0 Å². The summed E-state index contributed by atoms with van der Waals surface area (Å²) < 4.78 is 116. The predicted molar refractivity (Wildman–Crippen MR) is 48.1 cm³/mol. The van der Waals surface area contributed by atoms with Crippen LogP contribution in [0, 0.1) is 0 Å². The van der Waals surface area contributed by atoms with Crippen LogP contribution < -0.4 is 0 Å². The molecule has 0 saturated carbocycles. The van der Waals surface area contributed by atoms with Gasteiger partial charge in [0.1, 0.15) is 0 Å². The highest BCUT2D eigenvalue weighted by Crippen LogP contribution is 2.37. The predicted octanol–water partition coefficient (Wildman–Crippen LogP) is 2.68. The molecule has 0 aliphatic rings. The van der Waals surface area contributed by atoms with Gasteiger partial charge in [-0.25, -0.2) is 9.59 Å². The molecule has 0 aromatic carbocycles. The lowest BCUT2D eigenvalue weighted by Gasteiger charge is -2.25. The number of ether oxygens (including phenoxy) is 2. The molecule has 0 aliphatic heterocycles. The van der Waals surface area contributed by atoms with E-state index in [9.17, 15) is 49.1 Å². The smallest absolute Gasteiger partial charge is 0.436 e. The minimum atomic E-state index is -6.22. The van der Waals surface area contributed by atoms with Crippen LogP contribution in [0.3, 0.4) is 0 Å². The van der Waals surface area contributed by atoms with Gasteiger partial charge in [-0.2, -0.15) is 39.5 Å². The van der Waals surface area contributed by atoms with Crippen molar-refractivity contribution in [3.05, 3.63) is 12.7 Å². The fraction of sp³-hybridized carbons (Fsp3) is 0.556. The SMILES string of the molecule is C=CC(=O)OC(C(=O)OC(C(F)(F)F)C(F)(F)F)C(F)(F)F. The second-order valence-corrected chi connectivity index (χ2v) is 3.46. The van der Waals surface area contributed by atoms with Gasteiger partial charge in [0.15, 0.2) is 0 Å². The molecule has 22 heavy (non-hydrogen) atoms. The summed E-state index contributed by atoms with van der Waals surface area (Å²) in [5, 5.41) is 0. The minimum absolute atomic E-state index is 0.108. The molecule has 0 amide bonds. The molecule has 0 heterocycles. The van der Waals surface area contributed by atoms with Gasteiger partial charge in [0.05, 0.1) is 0 Å². The largest absolute Gasteiger partial charge is 0.440 e. The number of hydrogen-bond acceptors (Lipinski definition) is 4. The molecule has 0 fully saturated rings. The third kappa shape index (κ3) is 5.81. The Bertz CT molecular complexity index is 420. The zero-order valence-electron chi connectivity index (χ0n) is 9.97. The van der Waals surface area contributed by atoms with Gasteiger partial charge in [-0.15, -0.1) is 0 Å². The second-order valence-electron chi connectivity index (χ2n) is 3.46. The number of esters is 2. The monoisotopic (exact) mass is 348 g/mol. The van der Waals surface area contributed by atoms with Crippen LogP contribution in [0.5, 0.6) is 0 Å². The van der Waals surface area contributed by atoms with E-state index in [0.29, 0.717) is 0 Å². The molecule has 0 aromatic rings. The molecule has 0 aromatic heterocycles. The number of carbonyl (C=O) groups excluding carboxylic acids is 2. The summed E-state index contributed by atoms with van der Waals surface area (Å²) in [6.07, 6.45) is -26.9. The molecule has 0 bridgehead atoms. The van der Waals surface area contributed by atoms with Gasteiger partial charge in [0.2, 0.25) is 0 Å². The molecule has 4 nitrogen and oxygen atoms in total. The van der Waals surface area contributed by atoms with Crippen molar-refractivity contribution in [2.45, 2.75) is 30.7 Å². The Balaban J connectivity index is 5.40. The maximum Gasteiger partial charge on any atom is 0.436 e. The topological polar surface area (TPSA) is 52.6 Å². The number of alkyl halides is 9. The van der Waals surface area contributed by atoms with E-state index in [1.807, 2.05) is 0 Å². The van der Waals surface area contributed by atoms with Crippen molar-refractivity contribution in [1.82, 2.24) is 0 Å². The highest BCUT2D eigenvalue weighted by Gasteiger charge is 2.62. The second kappa shape index (κ2) is 6.44. The van der Waals surface area contributed by atoms with Gasteiger partial charge in [-0.05, 0) is 0 Å². The van der Waals surface area contributed by atoms with E-state index in [0.717, 1.165) is 0 Å². The standard InChI is InChI=1S/C9H5F9O4/c1-2-3(19)21-4(7(10,11)12)5(20)22-6(8(13,14)15)9(16,17)18/h2,4,6H,1H2. The molecule has 0 aliphatic carbocycles. The Kier molecular flexibility index (Phi) is 5.87. The Morgan fingerprint density at radius 2 is 1.23 bits per heavy atom. The van der Waals surface area contributed by atoms with Gasteiger partial charge >= 0.3 is 30.5 Å². The number of halogens is 9. The lowest BCUT2D eigenvalue weighted by molar-refractivity contribution is -0.319. The Labute approximate surface area is 115 Å². The van der Waals surface area contributed by atoms with Gasteiger partial charge in [0, 0.05) is 6.08 Å². The Morgan fingerprint density at radius 3 is 1.50 bits per heavy atom. The van der Waals surface area contributed by atoms with Crippen molar-refractivity contribution in [1.29, 1.82) is 0 Å². The van der Waals surface area contributed by atoms with Crippen molar-refractivity contribution < 1.29 is 58.6 Å². The van der Waals surface area contributed by atoms with Crippen molar-refractivity contribution in [3.63, 3.8) is 0 Å². The average molecular weight is 348 g/mol. The van der Waals surface area contributed by atoms with Gasteiger partial charge < -0.3 is 9.47 Å². The lowest BCUT2D eigenvalue weighted by Crippen LogP contribution is -2.50. The zero-order valence-corrected chi connectivity index (χ0v) is 9.97. The van der Waals surface area contributed by atoms with Crippen LogP contribution in [0.25, 0.3) is 0 Å². The molecule has 0 spiro atoms. The molecule has 13 heteroatoms. The first kappa shape index (κ1) is 20.1. The van der Waals surface area contributed by atoms with Crippen LogP contribution >= 0.6 is 0 Å². The molecule has 0 radical (unpaired) electrons. The summed E-state index contributed by atoms with van der Waals surface area (Å²) in [5.41, 5.74) is 0. The highest BCUT2D eigenvalue weighted by molar-refractivity contribution is 5.85. The van der Waals surface area contributed by atoms with Crippen LogP contribution in [-0.2, 0) is 19.1 Å². The molecule has 128 valence electrons. The number of rotatable bonds is 4. The fourth-order valence-electron chi connectivity index (χ4n) is 0.910. The van der Waals surface area contributed by atoms with Crippen LogP contribution in [0.15, 0.2) is 12.7 Å². The van der Waals surface area contributed by atoms with E-state index in [4.69, 9.17) is 0 Å². The maximum absolute atomic E-state index is 12.3. The van der Waals surface area contributed by atoms with Crippen LogP contribution in [-0.4, -0.2) is 42.7 Å². The van der Waals surface area contributed by atoms with Crippen molar-refractivity contribution in [2.75, 3.05) is 0 Å². The summed E-state index contributed by atoms with van der Waals surface area (Å²) in [6, 6.07) is 0. The normalized spacial score (nSPS) is 14.5. The zero-order chi connectivity index (χ0) is 17.9. The van der Waals surface area contributed by atoms with E-state index in [-0.39, 0.29) is 6.08 Å². The highest BCUT2D eigenvalue weighted by atomic mass is 19.4. The first-order valence-electron chi connectivity index (χ1n) is 4.84. The minimum Gasteiger partial charge on any atom is -0.440 e. The van der Waals surface area contributed by atoms with Gasteiger partial charge in [-0.3, -0.25) is 0 Å². The molecular weight excluding hydrogens is 343 g/mol. The lowest BCUT2D eigenvalue weighted by atomic mass is 10.3. The first-order valence-corrected chi connectivity index (χ1v) is 4.84. The molecule has 0 rings (SSSR count). The number of hydrogen-bond donors (Lipinski definition) is 0. The maximum atomic E-state index is 12.3. The summed E-state index contributed by atoms with van der Waals surface area (Å²) in [7, 11) is 0. The first-order chi connectivity index (χ1) is 9.60. The quantitative estimate of drug-likeness (QED) is 0.445. The van der Waals surface area contributed by atoms with E-state index in [1.165, 1.54) is 0 Å². The van der Waals surface area contributed by atoms with Gasteiger partial charge in [0.25, 0.3) is 12.2 Å². The van der Waals surface area contributed by atoms with E-state index >= 15 is 0 Å². The molecular formula is C9H5F9O4. The van der Waals surface area contributed by atoms with E-state index in [2.05, 4.69) is 16.1 Å². The van der Waals surface area contributed by atoms with Crippen LogP contribution in [0.4, 0.5) is 39.5 Å². The van der Waals surface area contributed by atoms with Crippen molar-refractivity contribution in [2.24, 2.45) is 0 Å². The van der Waals surface area contributed by atoms with Gasteiger partial charge in [-0.1, -0.05) is 6.58 Å². The van der Waals surface area contributed by atoms with E-state index < -0.39 is 42.7 Å². The summed E-state index contributed by atoms with van der Waals surface area (Å²) in [6.45, 7) is 2.64. The molecule has 0 saturated heterocycles. The fourth-order valence-corrected chi connectivity index (χ4v) is 0.910. The van der Waals surface area contributed by atoms with Crippen molar-refractivity contribution >= 4 is 11.9 Å². The van der Waals surface area contributed by atoms with E-state index in [1.54, 1.807) is 0 Å². The molecule has 1 atom stereocenters.